The molecule has 3 rings (SSSR count). The third kappa shape index (κ3) is 2.76. The van der Waals surface area contributed by atoms with Crippen molar-refractivity contribution in [3.63, 3.8) is 0 Å². The molecule has 0 radical (unpaired) electrons. The van der Waals surface area contributed by atoms with Crippen LogP contribution >= 0.6 is 0 Å². The molecule has 0 saturated carbocycles. The lowest BCUT2D eigenvalue weighted by molar-refractivity contribution is -0.151. The first-order valence-electron chi connectivity index (χ1n) is 7.23. The lowest BCUT2D eigenvalue weighted by atomic mass is 10.0. The minimum atomic E-state index is -0.841. The van der Waals surface area contributed by atoms with Gasteiger partial charge in [0.05, 0.1) is 6.54 Å². The number of carbonyl (C=O) groups excluding carboxylic acids is 3. The van der Waals surface area contributed by atoms with E-state index in [0.717, 1.165) is 12.1 Å². The average Bonchev–Trinajstić information content (AvgIpc) is 2.50. The number of nitrogens with one attached hydrogen (secondary N) is 1. The van der Waals surface area contributed by atoms with Crippen LogP contribution in [0.4, 0.5) is 8.78 Å². The van der Waals surface area contributed by atoms with Crippen molar-refractivity contribution in [2.75, 3.05) is 19.6 Å². The van der Waals surface area contributed by atoms with Gasteiger partial charge in [-0.15, -0.1) is 0 Å². The maximum atomic E-state index is 13.3. The fourth-order valence-electron chi connectivity index (χ4n) is 2.94. The molecule has 0 unspecified atom stereocenters. The van der Waals surface area contributed by atoms with Crippen molar-refractivity contribution in [2.24, 2.45) is 0 Å². The van der Waals surface area contributed by atoms with Crippen molar-refractivity contribution in [1.82, 2.24) is 15.1 Å². The quantitative estimate of drug-likeness (QED) is 0.799. The molecule has 1 aromatic carbocycles. The number of rotatable bonds is 1. The molecule has 0 aliphatic carbocycles. The Labute approximate surface area is 131 Å². The Bertz CT molecular complexity index is 674. The van der Waals surface area contributed by atoms with E-state index in [1.165, 1.54) is 9.80 Å². The van der Waals surface area contributed by atoms with Crippen molar-refractivity contribution >= 4 is 17.7 Å². The molecule has 0 aromatic heterocycles. The minimum absolute atomic E-state index is 0.00125. The second kappa shape index (κ2) is 5.60. The molecular formula is C15H15F2N3O3. The second-order valence-corrected chi connectivity index (χ2v) is 5.69. The maximum absolute atomic E-state index is 13.3. The third-order valence-corrected chi connectivity index (χ3v) is 4.09. The number of hydrogen-bond donors (Lipinski definition) is 1. The highest BCUT2D eigenvalue weighted by Gasteiger charge is 2.42. The van der Waals surface area contributed by atoms with E-state index in [2.05, 4.69) is 5.32 Å². The first kappa shape index (κ1) is 15.4. The average molecular weight is 323 g/mol. The number of nitrogens with zero attached hydrogens (tertiary/aromatic N) is 2. The number of halogens is 2. The zero-order chi connectivity index (χ0) is 16.7. The van der Waals surface area contributed by atoms with Crippen LogP contribution in [0.2, 0.25) is 0 Å². The van der Waals surface area contributed by atoms with Crippen LogP contribution in [0, 0.1) is 11.6 Å². The number of piperazine rings is 2. The Morgan fingerprint density at radius 1 is 1.17 bits per heavy atom. The summed E-state index contributed by atoms with van der Waals surface area (Å²) in [6, 6.07) is 1.23. The molecule has 23 heavy (non-hydrogen) atoms. The highest BCUT2D eigenvalue weighted by atomic mass is 19.1. The minimum Gasteiger partial charge on any atom is -0.343 e. The van der Waals surface area contributed by atoms with Gasteiger partial charge in [0.1, 0.15) is 23.7 Å². The van der Waals surface area contributed by atoms with Gasteiger partial charge in [-0.3, -0.25) is 14.4 Å². The van der Waals surface area contributed by atoms with E-state index in [-0.39, 0.29) is 37.0 Å². The van der Waals surface area contributed by atoms with E-state index in [9.17, 15) is 23.2 Å². The van der Waals surface area contributed by atoms with Crippen molar-refractivity contribution in [3.8, 4) is 0 Å². The van der Waals surface area contributed by atoms with Crippen LogP contribution in [0.5, 0.6) is 0 Å². The molecule has 2 atom stereocenters. The van der Waals surface area contributed by atoms with Crippen molar-refractivity contribution in [2.45, 2.75) is 19.0 Å². The number of carbonyl (C=O) groups is 3. The molecular weight excluding hydrogens is 308 g/mol. The summed E-state index contributed by atoms with van der Waals surface area (Å²) in [5.74, 6) is -2.78. The Kier molecular flexibility index (Phi) is 3.75. The Morgan fingerprint density at radius 3 is 2.48 bits per heavy atom. The lowest BCUT2D eigenvalue weighted by Gasteiger charge is -2.44. The van der Waals surface area contributed by atoms with Gasteiger partial charge < -0.3 is 15.1 Å². The predicted octanol–water partition coefficient (Wildman–Crippen LogP) is 0.136. The fraction of sp³-hybridized carbons (Fsp3) is 0.400. The SMILES string of the molecule is C[C@@H]1NC(=O)[C@H]2CN(C(=O)c3cc(F)cc(F)c3)CCN2C1=O. The summed E-state index contributed by atoms with van der Waals surface area (Å²) in [7, 11) is 0. The van der Waals surface area contributed by atoms with Crippen molar-refractivity contribution in [3.05, 3.63) is 35.4 Å². The second-order valence-electron chi connectivity index (χ2n) is 5.69. The molecule has 2 heterocycles. The van der Waals surface area contributed by atoms with Crippen LogP contribution in [0.1, 0.15) is 17.3 Å². The van der Waals surface area contributed by atoms with E-state index < -0.39 is 29.6 Å². The molecule has 2 aliphatic heterocycles. The van der Waals surface area contributed by atoms with Crippen LogP contribution in [-0.4, -0.2) is 59.2 Å². The summed E-state index contributed by atoms with van der Waals surface area (Å²) < 4.78 is 26.5. The van der Waals surface area contributed by atoms with Crippen molar-refractivity contribution < 1.29 is 23.2 Å². The maximum Gasteiger partial charge on any atom is 0.254 e. The van der Waals surface area contributed by atoms with Gasteiger partial charge in [0.25, 0.3) is 5.91 Å². The first-order valence-corrected chi connectivity index (χ1v) is 7.23. The predicted molar refractivity (Wildman–Crippen MR) is 75.4 cm³/mol. The molecule has 8 heteroatoms. The highest BCUT2D eigenvalue weighted by molar-refractivity contribution is 5.99. The smallest absolute Gasteiger partial charge is 0.254 e. The van der Waals surface area contributed by atoms with Crippen LogP contribution in [0.25, 0.3) is 0 Å². The molecule has 1 N–H and O–H groups in total. The first-order chi connectivity index (χ1) is 10.9. The Hall–Kier alpha value is -2.51. The van der Waals surface area contributed by atoms with Crippen LogP contribution in [0.3, 0.4) is 0 Å². The summed E-state index contributed by atoms with van der Waals surface area (Å²) in [6.45, 7) is 2.02. The van der Waals surface area contributed by atoms with Gasteiger partial charge in [0, 0.05) is 24.7 Å². The van der Waals surface area contributed by atoms with Gasteiger partial charge >= 0.3 is 0 Å². The molecule has 2 saturated heterocycles. The third-order valence-electron chi connectivity index (χ3n) is 4.09. The van der Waals surface area contributed by atoms with Crippen LogP contribution in [-0.2, 0) is 9.59 Å². The number of amides is 3. The number of hydrogen-bond acceptors (Lipinski definition) is 3. The molecule has 2 fully saturated rings. The van der Waals surface area contributed by atoms with Crippen LogP contribution in [0.15, 0.2) is 18.2 Å². The molecule has 6 nitrogen and oxygen atoms in total. The molecule has 2 aliphatic rings. The summed E-state index contributed by atoms with van der Waals surface area (Å²) >= 11 is 0. The van der Waals surface area contributed by atoms with Gasteiger partial charge in [-0.1, -0.05) is 0 Å². The van der Waals surface area contributed by atoms with Gasteiger partial charge in [-0.2, -0.15) is 0 Å². The summed E-state index contributed by atoms with van der Waals surface area (Å²) in [5, 5.41) is 2.56. The zero-order valence-electron chi connectivity index (χ0n) is 12.4. The van der Waals surface area contributed by atoms with E-state index in [0.29, 0.717) is 6.07 Å². The molecule has 1 aromatic rings. The Morgan fingerprint density at radius 2 is 1.83 bits per heavy atom. The normalized spacial score (nSPS) is 24.3. The lowest BCUT2D eigenvalue weighted by Crippen LogP contribution is -2.69. The van der Waals surface area contributed by atoms with E-state index in [4.69, 9.17) is 0 Å². The summed E-state index contributed by atoms with van der Waals surface area (Å²) in [4.78, 5) is 39.2. The largest absolute Gasteiger partial charge is 0.343 e. The highest BCUT2D eigenvalue weighted by Crippen LogP contribution is 2.19. The van der Waals surface area contributed by atoms with Gasteiger partial charge in [0.15, 0.2) is 0 Å². The molecule has 0 spiro atoms. The summed E-state index contributed by atoms with van der Waals surface area (Å²) in [6.07, 6.45) is 0. The van der Waals surface area contributed by atoms with Gasteiger partial charge in [0.2, 0.25) is 11.8 Å². The molecule has 122 valence electrons. The molecule has 0 bridgehead atoms. The van der Waals surface area contributed by atoms with Crippen LogP contribution < -0.4 is 5.32 Å². The van der Waals surface area contributed by atoms with Gasteiger partial charge in [-0.25, -0.2) is 8.78 Å². The van der Waals surface area contributed by atoms with Gasteiger partial charge in [-0.05, 0) is 19.1 Å². The monoisotopic (exact) mass is 323 g/mol. The van der Waals surface area contributed by atoms with E-state index in [1.54, 1.807) is 6.92 Å². The zero-order valence-corrected chi connectivity index (χ0v) is 12.4. The number of fused-ring (bicyclic) bond motifs is 1. The Balaban J connectivity index is 1.80. The number of benzene rings is 1. The standard InChI is InChI=1S/C15H15F2N3O3/c1-8-14(22)20-3-2-19(7-12(20)13(21)18-8)15(23)9-4-10(16)6-11(17)5-9/h4-6,8,12H,2-3,7H2,1H3,(H,18,21)/t8-,12+/m0/s1. The van der Waals surface area contributed by atoms with E-state index in [1.807, 2.05) is 0 Å². The fourth-order valence-corrected chi connectivity index (χ4v) is 2.94. The van der Waals surface area contributed by atoms with Crippen molar-refractivity contribution in [1.29, 1.82) is 0 Å². The summed E-state index contributed by atoms with van der Waals surface area (Å²) in [5.41, 5.74) is -0.119. The topological polar surface area (TPSA) is 69.7 Å². The molecule has 3 amide bonds. The van der Waals surface area contributed by atoms with E-state index >= 15 is 0 Å².